The van der Waals surface area contributed by atoms with E-state index in [1.54, 1.807) is 0 Å². The van der Waals surface area contributed by atoms with Gasteiger partial charge in [-0.2, -0.15) is 23.5 Å². The molecule has 0 rings (SSSR count). The second-order valence-electron chi connectivity index (χ2n) is 17.1. The molecule has 16 N–H and O–H groups in total. The van der Waals surface area contributed by atoms with Crippen molar-refractivity contribution in [3.05, 3.63) is 0 Å². The molecule has 0 saturated carbocycles. The molecule has 6 amide bonds. The number of amides is 6. The molecular formula is C46H92N10O8S2. The molecule has 6 unspecified atom stereocenters. The highest BCUT2D eigenvalue weighted by atomic mass is 32.2. The van der Waals surface area contributed by atoms with Crippen LogP contribution >= 0.6 is 23.5 Å². The molecule has 0 aromatic heterocycles. The molecule has 0 spiro atoms. The van der Waals surface area contributed by atoms with Gasteiger partial charge >= 0.3 is 0 Å². The molecule has 0 saturated heterocycles. The Morgan fingerprint density at radius 3 is 1.00 bits per heavy atom. The summed E-state index contributed by atoms with van der Waals surface area (Å²) in [6.45, 7) is 4.27. The van der Waals surface area contributed by atoms with Crippen molar-refractivity contribution in [3.63, 3.8) is 0 Å². The summed E-state index contributed by atoms with van der Waals surface area (Å²) in [7, 11) is 0. The lowest BCUT2D eigenvalue weighted by molar-refractivity contribution is -0.132. The average Bonchev–Trinajstić information content (AvgIpc) is 3.30. The molecule has 0 aromatic carbocycles. The van der Waals surface area contributed by atoms with E-state index in [1.165, 1.54) is 101 Å². The maximum atomic E-state index is 13.4. The summed E-state index contributed by atoms with van der Waals surface area (Å²) in [6.07, 6.45) is 23.4. The van der Waals surface area contributed by atoms with Crippen LogP contribution in [0.25, 0.3) is 0 Å². The topological polar surface area (TPSA) is 319 Å². The van der Waals surface area contributed by atoms with Crippen molar-refractivity contribution in [2.45, 2.75) is 191 Å². The number of aliphatic hydroxyl groups excluding tert-OH is 2. The molecule has 0 heterocycles. The van der Waals surface area contributed by atoms with Gasteiger partial charge in [-0.05, 0) is 38.8 Å². The highest BCUT2D eigenvalue weighted by molar-refractivity contribution is 8.03. The Labute approximate surface area is 405 Å². The number of unbranched alkanes of at least 4 members (excludes halogenated alkanes) is 18. The Kier molecular flexibility index (Phi) is 41.8. The van der Waals surface area contributed by atoms with Crippen LogP contribution in [0.5, 0.6) is 0 Å². The Morgan fingerprint density at radius 1 is 0.424 bits per heavy atom. The molecule has 18 nitrogen and oxygen atoms in total. The van der Waals surface area contributed by atoms with Gasteiger partial charge in [0.2, 0.25) is 35.4 Å². The molecule has 6 atom stereocenters. The predicted molar refractivity (Wildman–Crippen MR) is 270 cm³/mol. The van der Waals surface area contributed by atoms with Crippen LogP contribution in [0.4, 0.5) is 0 Å². The number of aliphatic hydroxyl groups is 2. The van der Waals surface area contributed by atoms with Gasteiger partial charge < -0.3 is 65.0 Å². The normalized spacial score (nSPS) is 14.0. The third-order valence-corrected chi connectivity index (χ3v) is 13.5. The minimum absolute atomic E-state index is 0.0901. The van der Waals surface area contributed by atoms with Crippen LogP contribution in [0, 0.1) is 0 Å². The van der Waals surface area contributed by atoms with E-state index >= 15 is 0 Å². The van der Waals surface area contributed by atoms with E-state index < -0.39 is 84.9 Å². The molecule has 386 valence electrons. The van der Waals surface area contributed by atoms with Crippen molar-refractivity contribution in [2.75, 3.05) is 62.4 Å². The monoisotopic (exact) mass is 977 g/mol. The first kappa shape index (κ1) is 63.3. The number of thioether (sulfide) groups is 2. The first-order valence-electron chi connectivity index (χ1n) is 25.0. The minimum atomic E-state index is -1.23. The Bertz CT molecular complexity index is 1200. The van der Waals surface area contributed by atoms with Crippen LogP contribution < -0.4 is 54.8 Å². The fourth-order valence-electron chi connectivity index (χ4n) is 6.89. The number of hydrogen-bond donors (Lipinski definition) is 12. The average molecular weight is 977 g/mol. The van der Waals surface area contributed by atoms with Crippen molar-refractivity contribution in [2.24, 2.45) is 22.9 Å². The van der Waals surface area contributed by atoms with Gasteiger partial charge in [-0.1, -0.05) is 129 Å². The van der Waals surface area contributed by atoms with Crippen LogP contribution in [-0.4, -0.2) is 144 Å². The van der Waals surface area contributed by atoms with Crippen LogP contribution in [-0.2, 0) is 28.8 Å². The second-order valence-corrected chi connectivity index (χ2v) is 19.4. The van der Waals surface area contributed by atoms with Gasteiger partial charge in [0.25, 0.3) is 0 Å². The van der Waals surface area contributed by atoms with E-state index in [-0.39, 0.29) is 37.4 Å². The van der Waals surface area contributed by atoms with Crippen molar-refractivity contribution in [1.29, 1.82) is 0 Å². The van der Waals surface area contributed by atoms with Crippen molar-refractivity contribution < 1.29 is 39.0 Å². The number of nitrogens with two attached hydrogens (primary N) is 4. The summed E-state index contributed by atoms with van der Waals surface area (Å²) in [6, 6.07) is -6.57. The number of rotatable bonds is 45. The van der Waals surface area contributed by atoms with E-state index in [0.29, 0.717) is 24.6 Å². The predicted octanol–water partition coefficient (Wildman–Crippen LogP) is 1.80. The minimum Gasteiger partial charge on any atom is -0.394 e. The largest absolute Gasteiger partial charge is 0.394 e. The lowest BCUT2D eigenvalue weighted by atomic mass is 10.1. The third kappa shape index (κ3) is 32.9. The SMILES string of the molecule is CCCCCCCCCCCCNC(=O)C(CO)NC(=O)C(CSCCSCC(NC(=O)C(N)CCN)C(=O)NC(CO)C(=O)NCCCCCCCCCCCC)NC(=O)C(N)CCN. The Balaban J connectivity index is 5.23. The number of carbonyl (C=O) groups is 6. The summed E-state index contributed by atoms with van der Waals surface area (Å²) < 4.78 is 0. The molecule has 0 aliphatic carbocycles. The van der Waals surface area contributed by atoms with Crippen LogP contribution in [0.15, 0.2) is 0 Å². The summed E-state index contributed by atoms with van der Waals surface area (Å²) in [5, 5.41) is 36.0. The smallest absolute Gasteiger partial charge is 0.244 e. The van der Waals surface area contributed by atoms with Gasteiger partial charge in [-0.15, -0.1) is 0 Å². The van der Waals surface area contributed by atoms with Crippen molar-refractivity contribution >= 4 is 59.0 Å². The quantitative estimate of drug-likeness (QED) is 0.0388. The lowest BCUT2D eigenvalue weighted by Gasteiger charge is -2.24. The van der Waals surface area contributed by atoms with Gasteiger partial charge in [0, 0.05) is 36.1 Å². The molecule has 0 aliphatic heterocycles. The summed E-state index contributed by atoms with van der Waals surface area (Å²) in [4.78, 5) is 78.4. The van der Waals surface area contributed by atoms with Crippen LogP contribution in [0.1, 0.15) is 155 Å². The van der Waals surface area contributed by atoms with Gasteiger partial charge in [0.1, 0.15) is 24.2 Å². The zero-order chi connectivity index (χ0) is 49.2. The van der Waals surface area contributed by atoms with E-state index in [1.807, 2.05) is 0 Å². The number of carbonyl (C=O) groups excluding carboxylic acids is 6. The molecule has 0 radical (unpaired) electrons. The molecule has 0 bridgehead atoms. The maximum absolute atomic E-state index is 13.4. The third-order valence-electron chi connectivity index (χ3n) is 11.1. The van der Waals surface area contributed by atoms with E-state index in [4.69, 9.17) is 22.9 Å². The van der Waals surface area contributed by atoms with Crippen LogP contribution in [0.2, 0.25) is 0 Å². The van der Waals surface area contributed by atoms with E-state index in [9.17, 15) is 39.0 Å². The fraction of sp³-hybridized carbons (Fsp3) is 0.870. The zero-order valence-electron chi connectivity index (χ0n) is 40.6. The van der Waals surface area contributed by atoms with Gasteiger partial charge in [0.05, 0.1) is 25.3 Å². The molecule has 66 heavy (non-hydrogen) atoms. The lowest BCUT2D eigenvalue weighted by Crippen LogP contribution is -2.57. The summed E-state index contributed by atoms with van der Waals surface area (Å²) in [5.74, 6) is -2.51. The number of hydrogen-bond acceptors (Lipinski definition) is 14. The van der Waals surface area contributed by atoms with E-state index in [0.717, 1.165) is 51.4 Å². The Hall–Kier alpha value is -2.72. The highest BCUT2D eigenvalue weighted by Crippen LogP contribution is 2.13. The van der Waals surface area contributed by atoms with Crippen molar-refractivity contribution in [3.8, 4) is 0 Å². The molecule has 0 aliphatic rings. The standard InChI is InChI=1S/C46H92N10O8S2/c1-3-5-7-9-11-13-15-17-19-21-27-51-43(61)37(31-57)53-45(63)39(55-41(59)35(49)23-25-47)33-65-29-30-66-34-40(56-42(60)36(50)24-26-48)46(64)54-38(32-58)44(62)52-28-22-20-18-16-14-12-10-8-6-4-2/h35-40,57-58H,3-34,47-50H2,1-2H3,(H,51,61)(H,52,62)(H,53,63)(H,54,64)(H,55,59)(H,56,60). The zero-order valence-corrected chi connectivity index (χ0v) is 42.2. The molecular weight excluding hydrogens is 885 g/mol. The molecule has 0 aromatic rings. The van der Waals surface area contributed by atoms with Crippen molar-refractivity contribution in [1.82, 2.24) is 31.9 Å². The van der Waals surface area contributed by atoms with Gasteiger partial charge in [-0.25, -0.2) is 0 Å². The van der Waals surface area contributed by atoms with Crippen LogP contribution in [0.3, 0.4) is 0 Å². The second kappa shape index (κ2) is 43.6. The molecule has 0 fully saturated rings. The maximum Gasteiger partial charge on any atom is 0.244 e. The summed E-state index contributed by atoms with van der Waals surface area (Å²) >= 11 is 2.64. The Morgan fingerprint density at radius 2 is 0.712 bits per heavy atom. The first-order chi connectivity index (χ1) is 31.9. The van der Waals surface area contributed by atoms with Gasteiger partial charge in [0.15, 0.2) is 0 Å². The van der Waals surface area contributed by atoms with Gasteiger partial charge in [-0.3, -0.25) is 28.8 Å². The number of nitrogens with one attached hydrogen (secondary N) is 6. The highest BCUT2D eigenvalue weighted by Gasteiger charge is 2.29. The molecule has 20 heteroatoms. The fourth-order valence-corrected chi connectivity index (χ4v) is 9.11. The van der Waals surface area contributed by atoms with E-state index in [2.05, 4.69) is 45.7 Å². The summed E-state index contributed by atoms with van der Waals surface area (Å²) in [5.41, 5.74) is 23.1. The first-order valence-corrected chi connectivity index (χ1v) is 27.3.